The number of hydrogen-bond donors (Lipinski definition) is 3. The van der Waals surface area contributed by atoms with E-state index < -0.39 is 0 Å². The molecule has 0 radical (unpaired) electrons. The van der Waals surface area contributed by atoms with Crippen LogP contribution >= 0.6 is 11.6 Å². The van der Waals surface area contributed by atoms with Gasteiger partial charge in [-0.25, -0.2) is 0 Å². The third-order valence-electron chi connectivity index (χ3n) is 3.93. The molecule has 0 saturated carbocycles. The van der Waals surface area contributed by atoms with Crippen LogP contribution in [0.4, 0.5) is 5.69 Å². The monoisotopic (exact) mass is 355 g/mol. The SMILES string of the molecule is Cc1ccc(NC(=O)CNC(=O)Cc2c[nH]c3ccccc23)cc1Cl. The van der Waals surface area contributed by atoms with E-state index in [9.17, 15) is 9.59 Å². The summed E-state index contributed by atoms with van der Waals surface area (Å²) in [6.45, 7) is 1.80. The van der Waals surface area contributed by atoms with E-state index in [-0.39, 0.29) is 24.8 Å². The van der Waals surface area contributed by atoms with Crippen molar-refractivity contribution in [1.82, 2.24) is 10.3 Å². The molecule has 0 spiro atoms. The quantitative estimate of drug-likeness (QED) is 0.656. The summed E-state index contributed by atoms with van der Waals surface area (Å²) >= 11 is 6.03. The van der Waals surface area contributed by atoms with Gasteiger partial charge in [0.1, 0.15) is 0 Å². The van der Waals surface area contributed by atoms with Crippen molar-refractivity contribution in [2.45, 2.75) is 13.3 Å². The standard InChI is InChI=1S/C19H18ClN3O2/c1-12-6-7-14(9-16(12)20)23-19(25)11-22-18(24)8-13-10-21-17-5-3-2-4-15(13)17/h2-7,9-10,21H,8,11H2,1H3,(H,22,24)(H,23,25). The van der Waals surface area contributed by atoms with Crippen LogP contribution in [0.2, 0.25) is 5.02 Å². The smallest absolute Gasteiger partial charge is 0.243 e. The van der Waals surface area contributed by atoms with Crippen LogP contribution in [0, 0.1) is 6.92 Å². The predicted molar refractivity (Wildman–Crippen MR) is 99.8 cm³/mol. The molecular formula is C19H18ClN3O2. The zero-order chi connectivity index (χ0) is 17.8. The first-order chi connectivity index (χ1) is 12.0. The Morgan fingerprint density at radius 3 is 2.72 bits per heavy atom. The lowest BCUT2D eigenvalue weighted by atomic mass is 10.1. The molecule has 0 saturated heterocycles. The topological polar surface area (TPSA) is 74.0 Å². The molecule has 0 aliphatic heterocycles. The molecule has 1 heterocycles. The summed E-state index contributed by atoms with van der Waals surface area (Å²) < 4.78 is 0. The van der Waals surface area contributed by atoms with Crippen molar-refractivity contribution in [2.24, 2.45) is 0 Å². The summed E-state index contributed by atoms with van der Waals surface area (Å²) in [6.07, 6.45) is 2.03. The minimum Gasteiger partial charge on any atom is -0.361 e. The largest absolute Gasteiger partial charge is 0.361 e. The number of para-hydroxylation sites is 1. The lowest BCUT2D eigenvalue weighted by Crippen LogP contribution is -2.33. The van der Waals surface area contributed by atoms with E-state index in [1.54, 1.807) is 12.1 Å². The Kier molecular flexibility index (Phi) is 5.05. The van der Waals surface area contributed by atoms with Crippen LogP contribution in [0.1, 0.15) is 11.1 Å². The molecule has 6 heteroatoms. The second-order valence-electron chi connectivity index (χ2n) is 5.83. The van der Waals surface area contributed by atoms with Crippen LogP contribution in [0.25, 0.3) is 10.9 Å². The number of amides is 2. The molecule has 1 aromatic heterocycles. The van der Waals surface area contributed by atoms with Gasteiger partial charge in [0, 0.05) is 27.8 Å². The molecule has 2 amide bonds. The molecule has 0 fully saturated rings. The Labute approximate surface area is 150 Å². The van der Waals surface area contributed by atoms with Gasteiger partial charge in [-0.2, -0.15) is 0 Å². The van der Waals surface area contributed by atoms with E-state index >= 15 is 0 Å². The number of aromatic nitrogens is 1. The number of aromatic amines is 1. The number of fused-ring (bicyclic) bond motifs is 1. The van der Waals surface area contributed by atoms with E-state index in [1.165, 1.54) is 0 Å². The Morgan fingerprint density at radius 2 is 1.92 bits per heavy atom. The fourth-order valence-electron chi connectivity index (χ4n) is 2.57. The Balaban J connectivity index is 1.53. The minimum absolute atomic E-state index is 0.0906. The highest BCUT2D eigenvalue weighted by Gasteiger charge is 2.10. The highest BCUT2D eigenvalue weighted by Crippen LogP contribution is 2.20. The lowest BCUT2D eigenvalue weighted by molar-refractivity contribution is -0.123. The summed E-state index contributed by atoms with van der Waals surface area (Å²) in [6, 6.07) is 13.1. The molecule has 128 valence electrons. The van der Waals surface area contributed by atoms with Gasteiger partial charge >= 0.3 is 0 Å². The van der Waals surface area contributed by atoms with Gasteiger partial charge in [0.15, 0.2) is 0 Å². The number of benzene rings is 2. The Morgan fingerprint density at radius 1 is 1.12 bits per heavy atom. The molecule has 3 aromatic rings. The normalized spacial score (nSPS) is 10.6. The van der Waals surface area contributed by atoms with Gasteiger partial charge in [0.05, 0.1) is 13.0 Å². The summed E-state index contributed by atoms with van der Waals surface area (Å²) in [5, 5.41) is 6.94. The number of hydrogen-bond acceptors (Lipinski definition) is 2. The molecule has 3 N–H and O–H groups in total. The number of carbonyl (C=O) groups excluding carboxylic acids is 2. The van der Waals surface area contributed by atoms with Gasteiger partial charge in [-0.15, -0.1) is 0 Å². The van der Waals surface area contributed by atoms with Crippen molar-refractivity contribution in [1.29, 1.82) is 0 Å². The molecule has 5 nitrogen and oxygen atoms in total. The second kappa shape index (κ2) is 7.40. The summed E-state index contributed by atoms with van der Waals surface area (Å²) in [5.74, 6) is -0.506. The molecule has 2 aromatic carbocycles. The van der Waals surface area contributed by atoms with Crippen LogP contribution in [-0.2, 0) is 16.0 Å². The van der Waals surface area contributed by atoms with Crippen molar-refractivity contribution in [3.63, 3.8) is 0 Å². The number of H-pyrrole nitrogens is 1. The fourth-order valence-corrected chi connectivity index (χ4v) is 2.75. The van der Waals surface area contributed by atoms with Gasteiger partial charge < -0.3 is 15.6 Å². The number of carbonyl (C=O) groups is 2. The first-order valence-corrected chi connectivity index (χ1v) is 8.28. The molecule has 25 heavy (non-hydrogen) atoms. The summed E-state index contributed by atoms with van der Waals surface area (Å²) in [4.78, 5) is 27.2. The number of aryl methyl sites for hydroxylation is 1. The fraction of sp³-hybridized carbons (Fsp3) is 0.158. The van der Waals surface area contributed by atoms with Crippen LogP contribution in [0.15, 0.2) is 48.7 Å². The Hall–Kier alpha value is -2.79. The van der Waals surface area contributed by atoms with E-state index in [1.807, 2.05) is 43.5 Å². The van der Waals surface area contributed by atoms with Gasteiger partial charge in [0.25, 0.3) is 0 Å². The van der Waals surface area contributed by atoms with Crippen LogP contribution in [0.5, 0.6) is 0 Å². The molecule has 0 aliphatic rings. The summed E-state index contributed by atoms with van der Waals surface area (Å²) in [5.41, 5.74) is 3.43. The van der Waals surface area contributed by atoms with Crippen molar-refractivity contribution in [2.75, 3.05) is 11.9 Å². The number of anilines is 1. The maximum atomic E-state index is 12.1. The molecule has 0 bridgehead atoms. The third-order valence-corrected chi connectivity index (χ3v) is 4.33. The van der Waals surface area contributed by atoms with Gasteiger partial charge in [0.2, 0.25) is 11.8 Å². The maximum Gasteiger partial charge on any atom is 0.243 e. The number of halogens is 1. The van der Waals surface area contributed by atoms with Crippen molar-refractivity contribution in [3.05, 3.63) is 64.8 Å². The molecular weight excluding hydrogens is 338 g/mol. The second-order valence-corrected chi connectivity index (χ2v) is 6.23. The van der Waals surface area contributed by atoms with Crippen LogP contribution in [-0.4, -0.2) is 23.3 Å². The molecule has 0 unspecified atom stereocenters. The molecule has 3 rings (SSSR count). The number of rotatable bonds is 5. The average molecular weight is 356 g/mol. The van der Waals surface area contributed by atoms with Crippen LogP contribution in [0.3, 0.4) is 0 Å². The van der Waals surface area contributed by atoms with Crippen molar-refractivity contribution >= 4 is 40.0 Å². The zero-order valence-corrected chi connectivity index (χ0v) is 14.5. The van der Waals surface area contributed by atoms with E-state index in [2.05, 4.69) is 15.6 Å². The highest BCUT2D eigenvalue weighted by atomic mass is 35.5. The Bertz CT molecular complexity index is 933. The van der Waals surface area contributed by atoms with Gasteiger partial charge in [-0.05, 0) is 36.2 Å². The van der Waals surface area contributed by atoms with Crippen molar-refractivity contribution < 1.29 is 9.59 Å². The zero-order valence-electron chi connectivity index (χ0n) is 13.7. The summed E-state index contributed by atoms with van der Waals surface area (Å²) in [7, 11) is 0. The van der Waals surface area contributed by atoms with Gasteiger partial charge in [-0.3, -0.25) is 9.59 Å². The number of nitrogens with one attached hydrogen (secondary N) is 3. The first-order valence-electron chi connectivity index (χ1n) is 7.90. The first kappa shape index (κ1) is 17.0. The van der Waals surface area contributed by atoms with Crippen molar-refractivity contribution in [3.8, 4) is 0 Å². The highest BCUT2D eigenvalue weighted by molar-refractivity contribution is 6.31. The van der Waals surface area contributed by atoms with Crippen LogP contribution < -0.4 is 10.6 Å². The average Bonchev–Trinajstić information content (AvgIpc) is 2.99. The van der Waals surface area contributed by atoms with E-state index in [0.717, 1.165) is 22.0 Å². The van der Waals surface area contributed by atoms with E-state index in [4.69, 9.17) is 11.6 Å². The minimum atomic E-state index is -0.299. The van der Waals surface area contributed by atoms with E-state index in [0.29, 0.717) is 10.7 Å². The third kappa shape index (κ3) is 4.19. The molecule has 0 atom stereocenters. The van der Waals surface area contributed by atoms with Gasteiger partial charge in [-0.1, -0.05) is 35.9 Å². The molecule has 0 aliphatic carbocycles. The lowest BCUT2D eigenvalue weighted by Gasteiger charge is -2.08. The maximum absolute atomic E-state index is 12.1. The predicted octanol–water partition coefficient (Wildman–Crippen LogP) is 3.43.